The van der Waals surface area contributed by atoms with Gasteiger partial charge in [-0.2, -0.15) is 0 Å². The highest BCUT2D eigenvalue weighted by Crippen LogP contribution is 2.17. The Morgan fingerprint density at radius 2 is 0.559 bits per heavy atom. The number of esters is 3. The number of hydrogen-bond donors (Lipinski definition) is 0. The van der Waals surface area contributed by atoms with E-state index in [2.05, 4.69) is 27.7 Å². The lowest BCUT2D eigenvalue weighted by molar-refractivity contribution is -0.167. The first-order valence-corrected chi connectivity index (χ1v) is 26.4. The van der Waals surface area contributed by atoms with Crippen LogP contribution in [0.25, 0.3) is 0 Å². The first kappa shape index (κ1) is 57.4. The van der Waals surface area contributed by atoms with Crippen molar-refractivity contribution in [2.45, 2.75) is 303 Å². The van der Waals surface area contributed by atoms with Gasteiger partial charge in [-0.3, -0.25) is 14.4 Å². The Hall–Kier alpha value is -1.59. The average molecular weight is 835 g/mol. The Bertz CT molecular complexity index is 887. The van der Waals surface area contributed by atoms with Gasteiger partial charge in [0.05, 0.1) is 0 Å². The van der Waals surface area contributed by atoms with Gasteiger partial charge in [0.15, 0.2) is 6.10 Å². The highest BCUT2D eigenvalue weighted by atomic mass is 16.6. The Balaban J connectivity index is 4.28. The molecule has 0 N–H and O–H groups in total. The molecule has 0 fully saturated rings. The molecule has 0 rings (SSSR count). The monoisotopic (exact) mass is 835 g/mol. The summed E-state index contributed by atoms with van der Waals surface area (Å²) < 4.78 is 16.8. The van der Waals surface area contributed by atoms with Crippen LogP contribution < -0.4 is 0 Å². The van der Waals surface area contributed by atoms with Crippen molar-refractivity contribution in [1.82, 2.24) is 0 Å². The van der Waals surface area contributed by atoms with Gasteiger partial charge in [0, 0.05) is 19.3 Å². The second-order valence-corrected chi connectivity index (χ2v) is 18.6. The van der Waals surface area contributed by atoms with Crippen molar-refractivity contribution in [3.63, 3.8) is 0 Å². The zero-order valence-corrected chi connectivity index (χ0v) is 40.2. The van der Waals surface area contributed by atoms with Crippen molar-refractivity contribution in [2.24, 2.45) is 5.92 Å². The molecule has 0 unspecified atom stereocenters. The van der Waals surface area contributed by atoms with Crippen LogP contribution in [-0.2, 0) is 28.6 Å². The smallest absolute Gasteiger partial charge is 0.306 e. The van der Waals surface area contributed by atoms with Crippen LogP contribution in [0, 0.1) is 5.92 Å². The maximum Gasteiger partial charge on any atom is 0.306 e. The van der Waals surface area contributed by atoms with E-state index in [4.69, 9.17) is 14.2 Å². The molecule has 0 amide bonds. The van der Waals surface area contributed by atoms with E-state index in [1.807, 2.05) is 0 Å². The van der Waals surface area contributed by atoms with Gasteiger partial charge in [0.1, 0.15) is 13.2 Å². The van der Waals surface area contributed by atoms with Gasteiger partial charge >= 0.3 is 17.9 Å². The second kappa shape index (κ2) is 47.5. The maximum absolute atomic E-state index is 12.8. The standard InChI is InChI=1S/C53H102O6/c1-5-7-9-11-13-15-17-19-21-23-25-27-29-33-38-42-46-53(56)59-50(48-58-52(55)45-41-37-34-30-31-35-39-43-49(3)4)47-57-51(54)44-40-36-32-28-26-24-22-20-18-16-14-12-10-8-6-2/h49-50H,5-48H2,1-4H3/t50-/m0/s1. The predicted octanol–water partition coefficient (Wildman–Crippen LogP) is 17.1. The molecule has 0 aromatic heterocycles. The summed E-state index contributed by atoms with van der Waals surface area (Å²) in [7, 11) is 0. The fourth-order valence-corrected chi connectivity index (χ4v) is 8.04. The molecular weight excluding hydrogens is 733 g/mol. The topological polar surface area (TPSA) is 78.9 Å². The highest BCUT2D eigenvalue weighted by Gasteiger charge is 2.19. The lowest BCUT2D eigenvalue weighted by Gasteiger charge is -2.18. The van der Waals surface area contributed by atoms with Crippen molar-refractivity contribution in [1.29, 1.82) is 0 Å². The summed E-state index contributed by atoms with van der Waals surface area (Å²) >= 11 is 0. The summed E-state index contributed by atoms with van der Waals surface area (Å²) in [6.45, 7) is 8.99. The summed E-state index contributed by atoms with van der Waals surface area (Å²) in [5.74, 6) is -0.0641. The lowest BCUT2D eigenvalue weighted by atomic mass is 10.0. The van der Waals surface area contributed by atoms with Gasteiger partial charge in [-0.25, -0.2) is 0 Å². The van der Waals surface area contributed by atoms with Crippen molar-refractivity contribution in [2.75, 3.05) is 13.2 Å². The molecule has 0 aromatic rings. The van der Waals surface area contributed by atoms with Crippen LogP contribution in [0.3, 0.4) is 0 Å². The minimum Gasteiger partial charge on any atom is -0.462 e. The zero-order chi connectivity index (χ0) is 43.1. The Kier molecular flexibility index (Phi) is 46.2. The quantitative estimate of drug-likeness (QED) is 0.0345. The SMILES string of the molecule is CCCCCCCCCCCCCCCCCCC(=O)O[C@@H](COC(=O)CCCCCCCCCCCCCCCCC)COC(=O)CCCCCCCCCC(C)C. The minimum atomic E-state index is -0.761. The average Bonchev–Trinajstić information content (AvgIpc) is 3.22. The van der Waals surface area contributed by atoms with Gasteiger partial charge < -0.3 is 14.2 Å². The third-order valence-corrected chi connectivity index (χ3v) is 12.0. The summed E-state index contributed by atoms with van der Waals surface area (Å²) in [6, 6.07) is 0. The number of hydrogen-bond acceptors (Lipinski definition) is 6. The molecule has 0 heterocycles. The third-order valence-electron chi connectivity index (χ3n) is 12.0. The van der Waals surface area contributed by atoms with Crippen molar-refractivity contribution < 1.29 is 28.6 Å². The van der Waals surface area contributed by atoms with E-state index in [9.17, 15) is 14.4 Å². The van der Waals surface area contributed by atoms with E-state index in [-0.39, 0.29) is 31.1 Å². The van der Waals surface area contributed by atoms with Crippen LogP contribution in [0.5, 0.6) is 0 Å². The molecule has 6 nitrogen and oxygen atoms in total. The third kappa shape index (κ3) is 47.3. The zero-order valence-electron chi connectivity index (χ0n) is 40.2. The number of rotatable bonds is 48. The molecule has 0 aromatic carbocycles. The molecule has 0 saturated carbocycles. The molecule has 0 aliphatic heterocycles. The normalized spacial score (nSPS) is 11.9. The Labute approximate surface area is 368 Å². The van der Waals surface area contributed by atoms with Crippen molar-refractivity contribution in [3.05, 3.63) is 0 Å². The molecule has 0 aliphatic carbocycles. The van der Waals surface area contributed by atoms with Crippen LogP contribution >= 0.6 is 0 Å². The molecule has 350 valence electrons. The van der Waals surface area contributed by atoms with Gasteiger partial charge in [0.25, 0.3) is 0 Å². The molecule has 0 aliphatic rings. The number of unbranched alkanes of at least 4 members (excludes halogenated alkanes) is 35. The fourth-order valence-electron chi connectivity index (χ4n) is 8.04. The molecule has 0 bridgehead atoms. The number of carbonyl (C=O) groups is 3. The Morgan fingerprint density at radius 3 is 0.831 bits per heavy atom. The highest BCUT2D eigenvalue weighted by molar-refractivity contribution is 5.71. The first-order chi connectivity index (χ1) is 28.9. The molecule has 1 atom stereocenters. The molecule has 59 heavy (non-hydrogen) atoms. The van der Waals surface area contributed by atoms with E-state index in [0.29, 0.717) is 19.3 Å². The summed E-state index contributed by atoms with van der Waals surface area (Å²) in [5.41, 5.74) is 0. The minimum absolute atomic E-state index is 0.0631. The fraction of sp³-hybridized carbons (Fsp3) is 0.943. The molecule has 0 radical (unpaired) electrons. The van der Waals surface area contributed by atoms with Crippen molar-refractivity contribution >= 4 is 17.9 Å². The summed E-state index contributed by atoms with van der Waals surface area (Å²) in [4.78, 5) is 37.9. The lowest BCUT2D eigenvalue weighted by Crippen LogP contribution is -2.30. The Morgan fingerprint density at radius 1 is 0.322 bits per heavy atom. The first-order valence-electron chi connectivity index (χ1n) is 26.4. The van der Waals surface area contributed by atoms with E-state index < -0.39 is 6.10 Å². The molecule has 6 heteroatoms. The van der Waals surface area contributed by atoms with Crippen LogP contribution in [0.1, 0.15) is 297 Å². The largest absolute Gasteiger partial charge is 0.462 e. The van der Waals surface area contributed by atoms with Gasteiger partial charge in [0.2, 0.25) is 0 Å². The molecular formula is C53H102O6. The van der Waals surface area contributed by atoms with E-state index in [0.717, 1.165) is 63.7 Å². The van der Waals surface area contributed by atoms with E-state index >= 15 is 0 Å². The van der Waals surface area contributed by atoms with Crippen LogP contribution in [0.15, 0.2) is 0 Å². The molecule has 0 saturated heterocycles. The number of ether oxygens (including phenoxy) is 3. The van der Waals surface area contributed by atoms with Crippen molar-refractivity contribution in [3.8, 4) is 0 Å². The van der Waals surface area contributed by atoms with Gasteiger partial charge in [-0.05, 0) is 25.2 Å². The van der Waals surface area contributed by atoms with Gasteiger partial charge in [-0.1, -0.05) is 259 Å². The van der Waals surface area contributed by atoms with Crippen LogP contribution in [0.4, 0.5) is 0 Å². The summed E-state index contributed by atoms with van der Waals surface area (Å²) in [6.07, 6.45) is 49.5. The second-order valence-electron chi connectivity index (χ2n) is 18.6. The van der Waals surface area contributed by atoms with Gasteiger partial charge in [-0.15, -0.1) is 0 Å². The molecule has 0 spiro atoms. The summed E-state index contributed by atoms with van der Waals surface area (Å²) in [5, 5.41) is 0. The maximum atomic E-state index is 12.8. The van der Waals surface area contributed by atoms with Crippen LogP contribution in [0.2, 0.25) is 0 Å². The van der Waals surface area contributed by atoms with Crippen LogP contribution in [-0.4, -0.2) is 37.2 Å². The predicted molar refractivity (Wildman–Crippen MR) is 252 cm³/mol. The van der Waals surface area contributed by atoms with E-state index in [1.54, 1.807) is 0 Å². The number of carbonyl (C=O) groups excluding carboxylic acids is 3. The van der Waals surface area contributed by atoms with E-state index in [1.165, 1.54) is 193 Å².